The van der Waals surface area contributed by atoms with E-state index < -0.39 is 0 Å². The summed E-state index contributed by atoms with van der Waals surface area (Å²) < 4.78 is 19.1. The molecule has 1 nitrogen and oxygen atoms in total. The molecule has 2 rings (SSSR count). The average Bonchev–Trinajstić information content (AvgIpc) is 2.97. The fourth-order valence-corrected chi connectivity index (χ4v) is 2.50. The molecule has 82 valence electrons. The third-order valence-corrected chi connectivity index (χ3v) is 4.48. The number of halogens is 3. The molecule has 0 aliphatic heterocycles. The molecular formula is C11H11Br2FO. The van der Waals surface area contributed by atoms with Gasteiger partial charge in [0.25, 0.3) is 0 Å². The first-order valence-electron chi connectivity index (χ1n) is 4.79. The highest BCUT2D eigenvalue weighted by molar-refractivity contribution is 9.10. The molecule has 15 heavy (non-hydrogen) atoms. The molecule has 1 aromatic rings. The summed E-state index contributed by atoms with van der Waals surface area (Å²) in [4.78, 5) is 0. The van der Waals surface area contributed by atoms with Crippen LogP contribution in [0.3, 0.4) is 0 Å². The van der Waals surface area contributed by atoms with Gasteiger partial charge >= 0.3 is 0 Å². The van der Waals surface area contributed by atoms with Crippen LogP contribution < -0.4 is 4.74 Å². The Hall–Kier alpha value is -0.0900. The van der Waals surface area contributed by atoms with Crippen molar-refractivity contribution in [2.24, 2.45) is 5.41 Å². The molecule has 0 bridgehead atoms. The number of benzene rings is 1. The lowest BCUT2D eigenvalue weighted by Crippen LogP contribution is -2.14. The first kappa shape index (κ1) is 11.4. The number of hydrogen-bond donors (Lipinski definition) is 0. The molecule has 0 N–H and O–H groups in total. The number of alkyl halides is 1. The standard InChI is InChI=1S/C11H11Br2FO/c12-6-11(3-4-11)7-15-10-2-1-8(14)5-9(10)13/h1-2,5H,3-4,6-7H2. The van der Waals surface area contributed by atoms with Gasteiger partial charge in [0, 0.05) is 10.7 Å². The molecular weight excluding hydrogens is 327 g/mol. The monoisotopic (exact) mass is 336 g/mol. The highest BCUT2D eigenvalue weighted by atomic mass is 79.9. The Morgan fingerprint density at radius 2 is 2.13 bits per heavy atom. The van der Waals surface area contributed by atoms with Crippen LogP contribution in [-0.4, -0.2) is 11.9 Å². The molecule has 0 saturated heterocycles. The topological polar surface area (TPSA) is 9.23 Å². The van der Waals surface area contributed by atoms with Crippen LogP contribution >= 0.6 is 31.9 Å². The van der Waals surface area contributed by atoms with E-state index in [0.717, 1.165) is 5.33 Å². The molecule has 1 fully saturated rings. The van der Waals surface area contributed by atoms with Crippen molar-refractivity contribution in [3.05, 3.63) is 28.5 Å². The molecule has 1 aliphatic rings. The Labute approximate surface area is 105 Å². The zero-order chi connectivity index (χ0) is 10.9. The molecule has 1 aliphatic carbocycles. The third-order valence-electron chi connectivity index (χ3n) is 2.67. The van der Waals surface area contributed by atoms with Crippen LogP contribution in [0.4, 0.5) is 4.39 Å². The quantitative estimate of drug-likeness (QED) is 0.750. The molecule has 1 saturated carbocycles. The molecule has 0 heterocycles. The highest BCUT2D eigenvalue weighted by Gasteiger charge is 2.42. The van der Waals surface area contributed by atoms with Crippen molar-refractivity contribution in [3.63, 3.8) is 0 Å². The van der Waals surface area contributed by atoms with Crippen molar-refractivity contribution >= 4 is 31.9 Å². The molecule has 0 aromatic heterocycles. The Bertz CT molecular complexity index is 364. The number of rotatable bonds is 4. The minimum atomic E-state index is -0.254. The summed E-state index contributed by atoms with van der Waals surface area (Å²) in [5.74, 6) is 0.458. The van der Waals surface area contributed by atoms with Crippen molar-refractivity contribution in [1.82, 2.24) is 0 Å². The van der Waals surface area contributed by atoms with Gasteiger partial charge < -0.3 is 4.74 Å². The summed E-state index contributed by atoms with van der Waals surface area (Å²) in [7, 11) is 0. The van der Waals surface area contributed by atoms with E-state index in [0.29, 0.717) is 22.2 Å². The summed E-state index contributed by atoms with van der Waals surface area (Å²) >= 11 is 6.77. The van der Waals surface area contributed by atoms with Crippen LogP contribution in [0.15, 0.2) is 22.7 Å². The van der Waals surface area contributed by atoms with E-state index in [4.69, 9.17) is 4.74 Å². The van der Waals surface area contributed by atoms with Crippen molar-refractivity contribution in [2.75, 3.05) is 11.9 Å². The van der Waals surface area contributed by atoms with Gasteiger partial charge in [-0.3, -0.25) is 0 Å². The van der Waals surface area contributed by atoms with E-state index in [-0.39, 0.29) is 5.82 Å². The Balaban J connectivity index is 1.99. The Kier molecular flexibility index (Phi) is 3.36. The van der Waals surface area contributed by atoms with Crippen LogP contribution in [0.25, 0.3) is 0 Å². The Morgan fingerprint density at radius 3 is 2.67 bits per heavy atom. The summed E-state index contributed by atoms with van der Waals surface area (Å²) in [6.45, 7) is 0.697. The summed E-state index contributed by atoms with van der Waals surface area (Å²) in [6, 6.07) is 4.49. The minimum Gasteiger partial charge on any atom is -0.492 e. The van der Waals surface area contributed by atoms with Crippen molar-refractivity contribution in [2.45, 2.75) is 12.8 Å². The van der Waals surface area contributed by atoms with Gasteiger partial charge in [0.2, 0.25) is 0 Å². The van der Waals surface area contributed by atoms with E-state index in [1.807, 2.05) is 0 Å². The van der Waals surface area contributed by atoms with E-state index in [1.165, 1.54) is 25.0 Å². The SMILES string of the molecule is Fc1ccc(OCC2(CBr)CC2)c(Br)c1. The van der Waals surface area contributed by atoms with Crippen molar-refractivity contribution in [3.8, 4) is 5.75 Å². The lowest BCUT2D eigenvalue weighted by Gasteiger charge is -2.14. The summed E-state index contributed by atoms with van der Waals surface area (Å²) in [6.07, 6.45) is 2.41. The van der Waals surface area contributed by atoms with Crippen LogP contribution in [0.5, 0.6) is 5.75 Å². The van der Waals surface area contributed by atoms with Gasteiger partial charge in [0.05, 0.1) is 11.1 Å². The predicted molar refractivity (Wildman–Crippen MR) is 65.1 cm³/mol. The van der Waals surface area contributed by atoms with Gasteiger partial charge in [-0.15, -0.1) is 0 Å². The lowest BCUT2D eigenvalue weighted by atomic mass is 10.2. The van der Waals surface area contributed by atoms with Crippen LogP contribution in [0, 0.1) is 11.2 Å². The van der Waals surface area contributed by atoms with Gasteiger partial charge in [0.15, 0.2) is 0 Å². The second-order valence-electron chi connectivity index (χ2n) is 4.00. The number of ether oxygens (including phenoxy) is 1. The summed E-state index contributed by atoms with van der Waals surface area (Å²) in [5, 5.41) is 0.971. The van der Waals surface area contributed by atoms with Crippen LogP contribution in [0.1, 0.15) is 12.8 Å². The number of hydrogen-bond acceptors (Lipinski definition) is 1. The lowest BCUT2D eigenvalue weighted by molar-refractivity contribution is 0.249. The second-order valence-corrected chi connectivity index (χ2v) is 5.41. The molecule has 0 radical (unpaired) electrons. The zero-order valence-electron chi connectivity index (χ0n) is 8.10. The van der Waals surface area contributed by atoms with Crippen LogP contribution in [0.2, 0.25) is 0 Å². The fraction of sp³-hybridized carbons (Fsp3) is 0.455. The second kappa shape index (κ2) is 4.42. The summed E-state index contributed by atoms with van der Waals surface area (Å²) in [5.41, 5.74) is 0.313. The predicted octanol–water partition coefficient (Wildman–Crippen LogP) is 4.14. The van der Waals surface area contributed by atoms with Gasteiger partial charge in [-0.1, -0.05) is 15.9 Å². The molecule has 0 amide bonds. The van der Waals surface area contributed by atoms with E-state index >= 15 is 0 Å². The van der Waals surface area contributed by atoms with Gasteiger partial charge in [0.1, 0.15) is 11.6 Å². The zero-order valence-corrected chi connectivity index (χ0v) is 11.3. The molecule has 1 aromatic carbocycles. The largest absolute Gasteiger partial charge is 0.492 e. The van der Waals surface area contributed by atoms with Crippen molar-refractivity contribution < 1.29 is 9.13 Å². The molecule has 0 atom stereocenters. The third kappa shape index (κ3) is 2.72. The maximum absolute atomic E-state index is 12.8. The van der Waals surface area contributed by atoms with E-state index in [2.05, 4.69) is 31.9 Å². The van der Waals surface area contributed by atoms with E-state index in [1.54, 1.807) is 6.07 Å². The fourth-order valence-electron chi connectivity index (χ4n) is 1.32. The smallest absolute Gasteiger partial charge is 0.133 e. The molecule has 0 spiro atoms. The van der Waals surface area contributed by atoms with Gasteiger partial charge in [-0.2, -0.15) is 0 Å². The molecule has 4 heteroatoms. The highest BCUT2D eigenvalue weighted by Crippen LogP contribution is 2.47. The first-order valence-corrected chi connectivity index (χ1v) is 6.70. The molecule has 0 unspecified atom stereocenters. The average molecular weight is 338 g/mol. The maximum atomic E-state index is 12.8. The van der Waals surface area contributed by atoms with E-state index in [9.17, 15) is 4.39 Å². The van der Waals surface area contributed by atoms with Gasteiger partial charge in [-0.05, 0) is 47.0 Å². The maximum Gasteiger partial charge on any atom is 0.133 e. The van der Waals surface area contributed by atoms with Crippen molar-refractivity contribution in [1.29, 1.82) is 0 Å². The minimum absolute atomic E-state index is 0.254. The normalized spacial score (nSPS) is 17.5. The first-order chi connectivity index (χ1) is 7.15. The van der Waals surface area contributed by atoms with Gasteiger partial charge in [-0.25, -0.2) is 4.39 Å². The Morgan fingerprint density at radius 1 is 1.40 bits per heavy atom. The van der Waals surface area contributed by atoms with Crippen LogP contribution in [-0.2, 0) is 0 Å².